The number of nitrogens with two attached hydrogens (primary N) is 1. The van der Waals surface area contributed by atoms with E-state index in [1.807, 2.05) is 6.92 Å². The first-order valence-corrected chi connectivity index (χ1v) is 6.27. The highest BCUT2D eigenvalue weighted by atomic mass is 16.5. The number of amides is 1. The van der Waals surface area contributed by atoms with Crippen molar-refractivity contribution in [3.8, 4) is 0 Å². The van der Waals surface area contributed by atoms with E-state index < -0.39 is 0 Å². The zero-order chi connectivity index (χ0) is 12.0. The van der Waals surface area contributed by atoms with E-state index in [4.69, 9.17) is 10.5 Å². The first-order valence-electron chi connectivity index (χ1n) is 6.27. The van der Waals surface area contributed by atoms with E-state index in [0.29, 0.717) is 12.7 Å². The lowest BCUT2D eigenvalue weighted by Crippen LogP contribution is -2.45. The summed E-state index contributed by atoms with van der Waals surface area (Å²) in [6.45, 7) is 5.38. The van der Waals surface area contributed by atoms with Crippen molar-refractivity contribution in [2.75, 3.05) is 13.2 Å². The van der Waals surface area contributed by atoms with Crippen LogP contribution in [0.1, 0.15) is 39.5 Å². The molecule has 0 spiro atoms. The summed E-state index contributed by atoms with van der Waals surface area (Å²) in [6, 6.07) is -0.343. The number of carbonyl (C=O) groups is 1. The summed E-state index contributed by atoms with van der Waals surface area (Å²) in [7, 11) is 0. The van der Waals surface area contributed by atoms with Crippen LogP contribution in [0, 0.1) is 5.92 Å². The Labute approximate surface area is 97.9 Å². The highest BCUT2D eigenvalue weighted by molar-refractivity contribution is 5.79. The monoisotopic (exact) mass is 228 g/mol. The molecule has 1 atom stereocenters. The van der Waals surface area contributed by atoms with E-state index in [0.717, 1.165) is 25.3 Å². The molecule has 0 radical (unpaired) electrons. The van der Waals surface area contributed by atoms with Crippen molar-refractivity contribution < 1.29 is 9.53 Å². The second-order valence-electron chi connectivity index (χ2n) is 4.73. The fourth-order valence-electron chi connectivity index (χ4n) is 2.12. The molecule has 1 unspecified atom stereocenters. The Hall–Kier alpha value is -0.610. The highest BCUT2D eigenvalue weighted by Gasteiger charge is 2.21. The quantitative estimate of drug-likeness (QED) is 0.714. The first kappa shape index (κ1) is 13.5. The zero-order valence-electron chi connectivity index (χ0n) is 10.4. The third-order valence-corrected chi connectivity index (χ3v) is 3.26. The van der Waals surface area contributed by atoms with Crippen molar-refractivity contribution in [3.05, 3.63) is 0 Å². The topological polar surface area (TPSA) is 64.3 Å². The van der Waals surface area contributed by atoms with Crippen LogP contribution in [0.5, 0.6) is 0 Å². The molecule has 1 amide bonds. The molecule has 1 saturated carbocycles. The molecule has 16 heavy (non-hydrogen) atoms. The summed E-state index contributed by atoms with van der Waals surface area (Å²) >= 11 is 0. The maximum atomic E-state index is 11.1. The smallest absolute Gasteiger partial charge is 0.236 e. The lowest BCUT2D eigenvalue weighted by molar-refractivity contribution is -0.122. The fourth-order valence-corrected chi connectivity index (χ4v) is 2.12. The molecule has 1 rings (SSSR count). The molecule has 0 heterocycles. The molecule has 0 aromatic rings. The number of hydrogen-bond donors (Lipinski definition) is 2. The van der Waals surface area contributed by atoms with Crippen LogP contribution >= 0.6 is 0 Å². The van der Waals surface area contributed by atoms with Gasteiger partial charge < -0.3 is 15.8 Å². The van der Waals surface area contributed by atoms with Crippen LogP contribution < -0.4 is 11.1 Å². The molecule has 1 aliphatic rings. The third-order valence-electron chi connectivity index (χ3n) is 3.26. The number of hydrogen-bond acceptors (Lipinski definition) is 3. The maximum absolute atomic E-state index is 11.1. The predicted octanol–water partition coefficient (Wildman–Crippen LogP) is 1.05. The predicted molar refractivity (Wildman–Crippen MR) is 64.0 cm³/mol. The van der Waals surface area contributed by atoms with Crippen LogP contribution in [-0.2, 0) is 9.53 Å². The molecule has 3 N–H and O–H groups in total. The highest BCUT2D eigenvalue weighted by Crippen LogP contribution is 2.25. The number of primary amides is 1. The number of ether oxygens (including phenoxy) is 1. The molecule has 1 aliphatic carbocycles. The normalized spacial score (nSPS) is 27.6. The van der Waals surface area contributed by atoms with Crippen molar-refractivity contribution in [3.63, 3.8) is 0 Å². The minimum Gasteiger partial charge on any atom is -0.376 e. The van der Waals surface area contributed by atoms with Crippen molar-refractivity contribution in [1.82, 2.24) is 5.32 Å². The minimum absolute atomic E-state index is 0.316. The molecule has 0 saturated heterocycles. The minimum atomic E-state index is -0.343. The Kier molecular flexibility index (Phi) is 5.77. The number of rotatable bonds is 6. The number of likely N-dealkylation sites (N-methyl/N-ethyl adjacent to an activating group) is 1. The van der Waals surface area contributed by atoms with Gasteiger partial charge >= 0.3 is 0 Å². The summed E-state index contributed by atoms with van der Waals surface area (Å²) in [5.41, 5.74) is 5.28. The van der Waals surface area contributed by atoms with E-state index >= 15 is 0 Å². The fraction of sp³-hybridized carbons (Fsp3) is 0.917. The van der Waals surface area contributed by atoms with E-state index in [-0.39, 0.29) is 11.9 Å². The second kappa shape index (κ2) is 6.86. The van der Waals surface area contributed by atoms with Gasteiger partial charge in [0.25, 0.3) is 0 Å². The molecule has 0 aromatic heterocycles. The van der Waals surface area contributed by atoms with E-state index in [1.165, 1.54) is 12.8 Å². The molecule has 0 aromatic carbocycles. The van der Waals surface area contributed by atoms with Crippen molar-refractivity contribution in [2.24, 2.45) is 11.7 Å². The Bertz CT molecular complexity index is 213. The SMILES string of the molecule is CCNC(COC1CCC(C)CC1)C(N)=O. The average Bonchev–Trinajstić information content (AvgIpc) is 2.26. The standard InChI is InChI=1S/C12H24N2O2/c1-3-14-11(12(13)15)8-16-10-6-4-9(2)5-7-10/h9-11,14H,3-8H2,1-2H3,(H2,13,15). The Balaban J connectivity index is 2.23. The lowest BCUT2D eigenvalue weighted by atomic mass is 9.89. The second-order valence-corrected chi connectivity index (χ2v) is 4.73. The van der Waals surface area contributed by atoms with Gasteiger partial charge in [0.1, 0.15) is 6.04 Å². The van der Waals surface area contributed by atoms with Gasteiger partial charge in [-0.25, -0.2) is 0 Å². The first-order chi connectivity index (χ1) is 7.63. The van der Waals surface area contributed by atoms with Crippen molar-refractivity contribution >= 4 is 5.91 Å². The molecule has 4 nitrogen and oxygen atoms in total. The Morgan fingerprint density at radius 1 is 1.44 bits per heavy atom. The van der Waals surface area contributed by atoms with Gasteiger partial charge in [-0.05, 0) is 38.1 Å². The summed E-state index contributed by atoms with van der Waals surface area (Å²) in [6.07, 6.45) is 4.99. The Morgan fingerprint density at radius 3 is 2.56 bits per heavy atom. The lowest BCUT2D eigenvalue weighted by Gasteiger charge is -2.27. The third kappa shape index (κ3) is 4.49. The molecule has 0 aliphatic heterocycles. The van der Waals surface area contributed by atoms with E-state index in [1.54, 1.807) is 0 Å². The van der Waals surface area contributed by atoms with E-state index in [9.17, 15) is 4.79 Å². The van der Waals surface area contributed by atoms with Gasteiger partial charge in [0.05, 0.1) is 12.7 Å². The number of carbonyl (C=O) groups excluding carboxylic acids is 1. The van der Waals surface area contributed by atoms with Crippen LogP contribution in [0.4, 0.5) is 0 Å². The number of nitrogens with one attached hydrogen (secondary N) is 1. The maximum Gasteiger partial charge on any atom is 0.236 e. The van der Waals surface area contributed by atoms with Gasteiger partial charge in [0.2, 0.25) is 5.91 Å². The Morgan fingerprint density at radius 2 is 2.06 bits per heavy atom. The largest absolute Gasteiger partial charge is 0.376 e. The van der Waals surface area contributed by atoms with Crippen LogP contribution in [-0.4, -0.2) is 31.2 Å². The van der Waals surface area contributed by atoms with Crippen LogP contribution in [0.15, 0.2) is 0 Å². The molecule has 0 bridgehead atoms. The summed E-state index contributed by atoms with van der Waals surface area (Å²) in [5, 5.41) is 3.03. The zero-order valence-corrected chi connectivity index (χ0v) is 10.4. The van der Waals surface area contributed by atoms with Gasteiger partial charge in [-0.3, -0.25) is 4.79 Å². The van der Waals surface area contributed by atoms with E-state index in [2.05, 4.69) is 12.2 Å². The summed E-state index contributed by atoms with van der Waals surface area (Å²) in [4.78, 5) is 11.1. The molecule has 1 fully saturated rings. The van der Waals surface area contributed by atoms with Crippen LogP contribution in [0.3, 0.4) is 0 Å². The molecular formula is C12H24N2O2. The van der Waals surface area contributed by atoms with Gasteiger partial charge in [-0.1, -0.05) is 13.8 Å². The molecule has 4 heteroatoms. The molecular weight excluding hydrogens is 204 g/mol. The summed E-state index contributed by atoms with van der Waals surface area (Å²) in [5.74, 6) is 0.492. The van der Waals surface area contributed by atoms with Gasteiger partial charge in [0.15, 0.2) is 0 Å². The van der Waals surface area contributed by atoms with Crippen molar-refractivity contribution in [2.45, 2.75) is 51.7 Å². The average molecular weight is 228 g/mol. The summed E-state index contributed by atoms with van der Waals surface area (Å²) < 4.78 is 5.74. The van der Waals surface area contributed by atoms with Gasteiger partial charge in [-0.2, -0.15) is 0 Å². The van der Waals surface area contributed by atoms with Gasteiger partial charge in [-0.15, -0.1) is 0 Å². The van der Waals surface area contributed by atoms with Crippen LogP contribution in [0.25, 0.3) is 0 Å². The van der Waals surface area contributed by atoms with Gasteiger partial charge in [0, 0.05) is 0 Å². The molecule has 94 valence electrons. The van der Waals surface area contributed by atoms with Crippen LogP contribution in [0.2, 0.25) is 0 Å². The van der Waals surface area contributed by atoms with Crippen molar-refractivity contribution in [1.29, 1.82) is 0 Å².